The topological polar surface area (TPSA) is 51.2 Å². The maximum absolute atomic E-state index is 11.9. The van der Waals surface area contributed by atoms with Gasteiger partial charge in [0, 0.05) is 17.4 Å². The quantitative estimate of drug-likeness (QED) is 0.925. The fourth-order valence-electron chi connectivity index (χ4n) is 2.02. The molecule has 2 rings (SSSR count). The van der Waals surface area contributed by atoms with Gasteiger partial charge >= 0.3 is 0 Å². The maximum Gasteiger partial charge on any atom is 0.228 e. The lowest BCUT2D eigenvalue weighted by Crippen LogP contribution is -2.25. The van der Waals surface area contributed by atoms with E-state index in [1.165, 1.54) is 11.3 Å². The number of amides is 1. The van der Waals surface area contributed by atoms with Crippen molar-refractivity contribution in [2.45, 2.75) is 58.0 Å². The summed E-state index contributed by atoms with van der Waals surface area (Å²) in [7, 11) is 0. The molecule has 1 aliphatic rings. The first-order valence-electron chi connectivity index (χ1n) is 6.82. The molecule has 5 heteroatoms. The molecule has 1 amide bonds. The Hall–Kier alpha value is -0.940. The van der Waals surface area contributed by atoms with Crippen LogP contribution in [0, 0.1) is 0 Å². The van der Waals surface area contributed by atoms with Crippen LogP contribution in [0.4, 0.5) is 5.13 Å². The van der Waals surface area contributed by atoms with E-state index in [-0.39, 0.29) is 17.4 Å². The summed E-state index contributed by atoms with van der Waals surface area (Å²) in [6.07, 6.45) is 3.77. The summed E-state index contributed by atoms with van der Waals surface area (Å²) in [4.78, 5) is 16.4. The van der Waals surface area contributed by atoms with Gasteiger partial charge in [-0.1, -0.05) is 20.8 Å². The highest BCUT2D eigenvalue weighted by atomic mass is 32.1. The first-order valence-corrected chi connectivity index (χ1v) is 7.70. The lowest BCUT2D eigenvalue weighted by molar-refractivity contribution is -0.119. The lowest BCUT2D eigenvalue weighted by Gasteiger charge is -2.21. The predicted octanol–water partition coefficient (Wildman–Crippen LogP) is 3.34. The van der Waals surface area contributed by atoms with E-state index in [0.717, 1.165) is 31.6 Å². The molecule has 1 aliphatic heterocycles. The number of hydrogen-bond acceptors (Lipinski definition) is 4. The van der Waals surface area contributed by atoms with Crippen molar-refractivity contribution in [3.8, 4) is 0 Å². The van der Waals surface area contributed by atoms with Gasteiger partial charge in [0.25, 0.3) is 0 Å². The molecule has 1 N–H and O–H groups in total. The number of anilines is 1. The molecule has 0 spiro atoms. The Morgan fingerprint density at radius 2 is 2.32 bits per heavy atom. The van der Waals surface area contributed by atoms with Gasteiger partial charge in [-0.3, -0.25) is 4.79 Å². The van der Waals surface area contributed by atoms with Crippen LogP contribution >= 0.6 is 11.3 Å². The first-order chi connectivity index (χ1) is 8.95. The minimum absolute atomic E-state index is 0.00158. The van der Waals surface area contributed by atoms with Crippen molar-refractivity contribution in [3.05, 3.63) is 11.1 Å². The van der Waals surface area contributed by atoms with Crippen LogP contribution in [0.5, 0.6) is 0 Å². The number of ether oxygens (including phenoxy) is 1. The van der Waals surface area contributed by atoms with Gasteiger partial charge in [-0.2, -0.15) is 0 Å². The average Bonchev–Trinajstić information content (AvgIpc) is 2.78. The second-order valence-corrected chi connectivity index (χ2v) is 6.89. The molecule has 4 nitrogen and oxygen atoms in total. The van der Waals surface area contributed by atoms with Crippen molar-refractivity contribution in [1.29, 1.82) is 0 Å². The highest BCUT2D eigenvalue weighted by Gasteiger charge is 2.20. The number of nitrogens with one attached hydrogen (secondary N) is 1. The van der Waals surface area contributed by atoms with E-state index >= 15 is 0 Å². The number of carbonyl (C=O) groups is 1. The molecule has 1 atom stereocenters. The Kier molecular flexibility index (Phi) is 4.58. The number of aromatic nitrogens is 1. The Morgan fingerprint density at radius 1 is 1.53 bits per heavy atom. The third-order valence-corrected chi connectivity index (χ3v) is 3.96. The number of hydrogen-bond donors (Lipinski definition) is 1. The van der Waals surface area contributed by atoms with Gasteiger partial charge in [-0.25, -0.2) is 4.98 Å². The zero-order chi connectivity index (χ0) is 13.9. The van der Waals surface area contributed by atoms with E-state index in [4.69, 9.17) is 4.74 Å². The zero-order valence-electron chi connectivity index (χ0n) is 11.9. The molecule has 1 aromatic heterocycles. The van der Waals surface area contributed by atoms with Crippen molar-refractivity contribution in [3.63, 3.8) is 0 Å². The van der Waals surface area contributed by atoms with Crippen molar-refractivity contribution < 1.29 is 9.53 Å². The number of carbonyl (C=O) groups excluding carboxylic acids is 1. The van der Waals surface area contributed by atoms with Crippen LogP contribution in [0.1, 0.15) is 52.1 Å². The smallest absolute Gasteiger partial charge is 0.228 e. The Balaban J connectivity index is 1.86. The van der Waals surface area contributed by atoms with Crippen LogP contribution in [-0.2, 0) is 14.9 Å². The van der Waals surface area contributed by atoms with Gasteiger partial charge in [0.15, 0.2) is 5.13 Å². The summed E-state index contributed by atoms with van der Waals surface area (Å²) in [5.41, 5.74) is 1.04. The van der Waals surface area contributed by atoms with Gasteiger partial charge in [0.05, 0.1) is 18.2 Å². The van der Waals surface area contributed by atoms with Gasteiger partial charge in [-0.15, -0.1) is 11.3 Å². The minimum atomic E-state index is 0.00158. The molecule has 19 heavy (non-hydrogen) atoms. The van der Waals surface area contributed by atoms with Crippen LogP contribution in [0.25, 0.3) is 0 Å². The van der Waals surface area contributed by atoms with E-state index < -0.39 is 0 Å². The van der Waals surface area contributed by atoms with Crippen LogP contribution in [0.15, 0.2) is 5.38 Å². The highest BCUT2D eigenvalue weighted by Crippen LogP contribution is 2.26. The highest BCUT2D eigenvalue weighted by molar-refractivity contribution is 7.13. The maximum atomic E-state index is 11.9. The molecule has 0 bridgehead atoms. The number of thiazole rings is 1. The van der Waals surface area contributed by atoms with E-state index in [0.29, 0.717) is 11.6 Å². The van der Waals surface area contributed by atoms with E-state index in [9.17, 15) is 4.79 Å². The normalized spacial score (nSPS) is 20.3. The summed E-state index contributed by atoms with van der Waals surface area (Å²) in [5, 5.41) is 5.56. The molecule has 0 radical (unpaired) electrons. The van der Waals surface area contributed by atoms with Crippen LogP contribution in [0.3, 0.4) is 0 Å². The SMILES string of the molecule is CC(C)(C)c1csc(NC(=O)C[C@@H]2CCCCO2)n1. The van der Waals surface area contributed by atoms with Crippen molar-refractivity contribution >= 4 is 22.4 Å². The molecule has 0 aliphatic carbocycles. The molecule has 0 aromatic carbocycles. The lowest BCUT2D eigenvalue weighted by atomic mass is 9.93. The summed E-state index contributed by atoms with van der Waals surface area (Å²) >= 11 is 1.48. The molecule has 106 valence electrons. The molecule has 0 saturated carbocycles. The molecular weight excluding hydrogens is 260 g/mol. The summed E-state index contributed by atoms with van der Waals surface area (Å²) in [6.45, 7) is 7.12. The minimum Gasteiger partial charge on any atom is -0.378 e. The third kappa shape index (κ3) is 4.28. The monoisotopic (exact) mass is 282 g/mol. The Labute approximate surface area is 118 Å². The molecule has 1 aromatic rings. The zero-order valence-corrected chi connectivity index (χ0v) is 12.7. The van der Waals surface area contributed by atoms with Gasteiger partial charge in [0.1, 0.15) is 0 Å². The van der Waals surface area contributed by atoms with E-state index in [1.807, 2.05) is 5.38 Å². The van der Waals surface area contributed by atoms with Gasteiger partial charge in [0.2, 0.25) is 5.91 Å². The van der Waals surface area contributed by atoms with Gasteiger partial charge in [-0.05, 0) is 19.3 Å². The fraction of sp³-hybridized carbons (Fsp3) is 0.714. The molecule has 1 fully saturated rings. The molecule has 0 unspecified atom stereocenters. The Bertz CT molecular complexity index is 431. The van der Waals surface area contributed by atoms with Crippen LogP contribution in [-0.4, -0.2) is 23.6 Å². The number of nitrogens with zero attached hydrogens (tertiary/aromatic N) is 1. The molecule has 2 heterocycles. The fourth-order valence-corrected chi connectivity index (χ4v) is 2.97. The second-order valence-electron chi connectivity index (χ2n) is 6.03. The summed E-state index contributed by atoms with van der Waals surface area (Å²) < 4.78 is 5.57. The van der Waals surface area contributed by atoms with Gasteiger partial charge < -0.3 is 10.1 Å². The summed E-state index contributed by atoms with van der Waals surface area (Å²) in [5.74, 6) is 0.00158. The Morgan fingerprint density at radius 3 is 2.89 bits per heavy atom. The molecule has 1 saturated heterocycles. The van der Waals surface area contributed by atoms with Crippen molar-refractivity contribution in [2.75, 3.05) is 11.9 Å². The first kappa shape index (κ1) is 14.5. The predicted molar refractivity (Wildman–Crippen MR) is 77.7 cm³/mol. The average molecular weight is 282 g/mol. The van der Waals surface area contributed by atoms with E-state index in [1.54, 1.807) is 0 Å². The standard InChI is InChI=1S/C14H22N2O2S/c1-14(2,3)11-9-19-13(15-11)16-12(17)8-10-6-4-5-7-18-10/h9-10H,4-8H2,1-3H3,(H,15,16,17)/t10-/m0/s1. The molecular formula is C14H22N2O2S. The van der Waals surface area contributed by atoms with Crippen LogP contribution in [0.2, 0.25) is 0 Å². The number of rotatable bonds is 3. The van der Waals surface area contributed by atoms with Crippen LogP contribution < -0.4 is 5.32 Å². The third-order valence-electron chi connectivity index (χ3n) is 3.21. The largest absolute Gasteiger partial charge is 0.378 e. The summed E-state index contributed by atoms with van der Waals surface area (Å²) in [6, 6.07) is 0. The second kappa shape index (κ2) is 6.01. The van der Waals surface area contributed by atoms with E-state index in [2.05, 4.69) is 31.1 Å². The van der Waals surface area contributed by atoms with Crippen molar-refractivity contribution in [2.24, 2.45) is 0 Å². The van der Waals surface area contributed by atoms with Crippen molar-refractivity contribution in [1.82, 2.24) is 4.98 Å².